The molecule has 0 heterocycles. The Balaban J connectivity index is 3.53. The number of amides is 1. The summed E-state index contributed by atoms with van der Waals surface area (Å²) in [5.74, 6) is -0.111. The molecule has 0 aromatic rings. The molecule has 2 unspecified atom stereocenters. The first-order valence-corrected chi connectivity index (χ1v) is 26.9. The maximum absolute atomic E-state index is 12.4. The predicted octanol–water partition coefficient (Wildman–Crippen LogP) is 16.2. The molecular weight excluding hydrogens is 767 g/mol. The van der Waals surface area contributed by atoms with Crippen molar-refractivity contribution in [3.63, 3.8) is 0 Å². The van der Waals surface area contributed by atoms with Crippen molar-refractivity contribution < 1.29 is 24.5 Å². The Hall–Kier alpha value is -2.18. The molecule has 0 saturated carbocycles. The third kappa shape index (κ3) is 47.3. The summed E-state index contributed by atoms with van der Waals surface area (Å²) in [5, 5.41) is 23.0. The van der Waals surface area contributed by atoms with E-state index < -0.39 is 12.1 Å². The lowest BCUT2D eigenvalue weighted by atomic mass is 10.1. The molecule has 6 nitrogen and oxygen atoms in total. The van der Waals surface area contributed by atoms with Gasteiger partial charge in [-0.25, -0.2) is 0 Å². The summed E-state index contributed by atoms with van der Waals surface area (Å²) in [6, 6.07) is -0.640. The molecule has 0 fully saturated rings. The summed E-state index contributed by atoms with van der Waals surface area (Å²) >= 11 is 0. The number of allylic oxidation sites excluding steroid dienone is 7. The highest BCUT2D eigenvalue weighted by atomic mass is 16.5. The average molecular weight is 870 g/mol. The van der Waals surface area contributed by atoms with Crippen molar-refractivity contribution >= 4 is 11.9 Å². The smallest absolute Gasteiger partial charge is 0.305 e. The highest BCUT2D eigenvalue weighted by molar-refractivity contribution is 5.76. The number of ether oxygens (including phenoxy) is 1. The van der Waals surface area contributed by atoms with Gasteiger partial charge in [-0.2, -0.15) is 0 Å². The molecular formula is C56H103NO5. The van der Waals surface area contributed by atoms with Crippen LogP contribution in [0.2, 0.25) is 0 Å². The zero-order valence-electron chi connectivity index (χ0n) is 41.1. The van der Waals surface area contributed by atoms with Crippen LogP contribution in [-0.4, -0.2) is 47.4 Å². The van der Waals surface area contributed by atoms with Gasteiger partial charge in [-0.3, -0.25) is 9.59 Å². The molecule has 0 aliphatic heterocycles. The summed E-state index contributed by atoms with van der Waals surface area (Å²) in [6.07, 6.45) is 64.0. The minimum atomic E-state index is -0.855. The molecule has 1 amide bonds. The van der Waals surface area contributed by atoms with Crippen LogP contribution >= 0.6 is 0 Å². The Bertz CT molecular complexity index is 1050. The summed E-state index contributed by atoms with van der Waals surface area (Å²) in [4.78, 5) is 24.4. The number of hydrogen-bond donors (Lipinski definition) is 3. The molecule has 3 N–H and O–H groups in total. The van der Waals surface area contributed by atoms with E-state index in [2.05, 4.69) is 55.6 Å². The third-order valence-electron chi connectivity index (χ3n) is 12.1. The zero-order chi connectivity index (χ0) is 45.1. The SMILES string of the molecule is CCCCCCCCC/C=C\CCCCCCCC(=O)OCCCCC/C=C\C/C=C\CCCCCCCCCC(=O)NC(CO)C(O)/C=C/CCCCCCCCCCCC. The highest BCUT2D eigenvalue weighted by Gasteiger charge is 2.18. The van der Waals surface area contributed by atoms with Crippen molar-refractivity contribution in [1.29, 1.82) is 0 Å². The Morgan fingerprint density at radius 2 is 0.806 bits per heavy atom. The van der Waals surface area contributed by atoms with Crippen molar-refractivity contribution in [3.05, 3.63) is 48.6 Å². The van der Waals surface area contributed by atoms with E-state index in [0.29, 0.717) is 19.4 Å². The Labute approximate surface area is 385 Å². The van der Waals surface area contributed by atoms with Crippen LogP contribution in [-0.2, 0) is 14.3 Å². The van der Waals surface area contributed by atoms with E-state index in [9.17, 15) is 19.8 Å². The van der Waals surface area contributed by atoms with Gasteiger partial charge in [-0.05, 0) is 96.3 Å². The van der Waals surface area contributed by atoms with Crippen molar-refractivity contribution in [3.8, 4) is 0 Å². The van der Waals surface area contributed by atoms with Crippen molar-refractivity contribution in [2.24, 2.45) is 0 Å². The van der Waals surface area contributed by atoms with Gasteiger partial charge in [0.1, 0.15) is 0 Å². The number of aliphatic hydroxyl groups is 2. The van der Waals surface area contributed by atoms with E-state index in [1.807, 2.05) is 6.08 Å². The topological polar surface area (TPSA) is 95.9 Å². The fourth-order valence-electron chi connectivity index (χ4n) is 7.89. The van der Waals surface area contributed by atoms with E-state index >= 15 is 0 Å². The molecule has 0 bridgehead atoms. The molecule has 0 spiro atoms. The van der Waals surface area contributed by atoms with Gasteiger partial charge < -0.3 is 20.3 Å². The van der Waals surface area contributed by atoms with Crippen LogP contribution in [0.5, 0.6) is 0 Å². The maximum atomic E-state index is 12.4. The molecule has 0 aliphatic rings. The van der Waals surface area contributed by atoms with Gasteiger partial charge in [0.25, 0.3) is 0 Å². The van der Waals surface area contributed by atoms with Crippen LogP contribution in [0.4, 0.5) is 0 Å². The number of unbranched alkanes of at least 4 members (excludes halogenated alkanes) is 32. The monoisotopic (exact) mass is 870 g/mol. The fourth-order valence-corrected chi connectivity index (χ4v) is 7.89. The largest absolute Gasteiger partial charge is 0.466 e. The Morgan fingerprint density at radius 1 is 0.452 bits per heavy atom. The molecule has 362 valence electrons. The summed E-state index contributed by atoms with van der Waals surface area (Å²) in [7, 11) is 0. The van der Waals surface area contributed by atoms with Crippen LogP contribution in [0.15, 0.2) is 48.6 Å². The van der Waals surface area contributed by atoms with Crippen LogP contribution in [0.25, 0.3) is 0 Å². The van der Waals surface area contributed by atoms with E-state index in [1.165, 1.54) is 161 Å². The lowest BCUT2D eigenvalue weighted by Gasteiger charge is -2.20. The minimum absolute atomic E-state index is 0.0247. The number of hydrogen-bond acceptors (Lipinski definition) is 5. The second-order valence-corrected chi connectivity index (χ2v) is 18.2. The molecule has 2 atom stereocenters. The zero-order valence-corrected chi connectivity index (χ0v) is 41.1. The molecule has 62 heavy (non-hydrogen) atoms. The highest BCUT2D eigenvalue weighted by Crippen LogP contribution is 2.14. The minimum Gasteiger partial charge on any atom is -0.466 e. The summed E-state index contributed by atoms with van der Waals surface area (Å²) in [6.45, 7) is 4.83. The molecule has 0 rings (SSSR count). The van der Waals surface area contributed by atoms with E-state index in [0.717, 1.165) is 83.5 Å². The maximum Gasteiger partial charge on any atom is 0.305 e. The van der Waals surface area contributed by atoms with Gasteiger partial charge in [0.2, 0.25) is 5.91 Å². The average Bonchev–Trinajstić information content (AvgIpc) is 3.27. The first-order chi connectivity index (χ1) is 30.5. The van der Waals surface area contributed by atoms with Gasteiger partial charge in [-0.15, -0.1) is 0 Å². The number of rotatable bonds is 49. The van der Waals surface area contributed by atoms with Crippen LogP contribution < -0.4 is 5.32 Å². The first-order valence-electron chi connectivity index (χ1n) is 26.9. The number of nitrogens with one attached hydrogen (secondary N) is 1. The standard InChI is InChI=1S/C56H103NO5/c1-3-5-7-9-11-13-15-17-18-23-26-30-34-38-42-46-50-56(61)62-51-47-43-39-35-31-27-24-21-19-20-22-25-29-33-37-41-45-49-55(60)57-53(52-58)54(59)48-44-40-36-32-28-16-14-12-10-8-6-4-2/h18-19,21,23,27,31,44,48,53-54,58-59H,3-17,20,22,24-26,28-30,32-43,45-47,49-52H2,1-2H3,(H,57,60)/b21-19-,23-18-,31-27-,48-44+. The van der Waals surface area contributed by atoms with Gasteiger partial charge >= 0.3 is 5.97 Å². The summed E-state index contributed by atoms with van der Waals surface area (Å²) in [5.41, 5.74) is 0. The molecule has 6 heteroatoms. The number of aliphatic hydroxyl groups excluding tert-OH is 2. The second-order valence-electron chi connectivity index (χ2n) is 18.2. The molecule has 0 aromatic heterocycles. The van der Waals surface area contributed by atoms with Gasteiger partial charge in [0.15, 0.2) is 0 Å². The quantitative estimate of drug-likeness (QED) is 0.0322. The van der Waals surface area contributed by atoms with Crippen LogP contribution in [0.3, 0.4) is 0 Å². The normalized spacial score (nSPS) is 13.0. The van der Waals surface area contributed by atoms with Gasteiger partial charge in [-0.1, -0.05) is 210 Å². The number of carbonyl (C=O) groups excluding carboxylic acids is 2. The van der Waals surface area contributed by atoms with E-state index in [4.69, 9.17) is 4.74 Å². The van der Waals surface area contributed by atoms with E-state index in [1.54, 1.807) is 6.08 Å². The molecule has 0 radical (unpaired) electrons. The predicted molar refractivity (Wildman–Crippen MR) is 269 cm³/mol. The Kier molecular flexibility index (Phi) is 49.6. The fraction of sp³-hybridized carbons (Fsp3) is 0.821. The second kappa shape index (κ2) is 51.5. The summed E-state index contributed by atoms with van der Waals surface area (Å²) < 4.78 is 5.45. The van der Waals surface area contributed by atoms with Gasteiger partial charge in [0, 0.05) is 12.8 Å². The Morgan fingerprint density at radius 3 is 1.24 bits per heavy atom. The van der Waals surface area contributed by atoms with Crippen molar-refractivity contribution in [2.75, 3.05) is 13.2 Å². The first kappa shape index (κ1) is 59.8. The van der Waals surface area contributed by atoms with Crippen LogP contribution in [0, 0.1) is 0 Å². The number of esters is 1. The molecule has 0 saturated heterocycles. The van der Waals surface area contributed by atoms with Crippen molar-refractivity contribution in [2.45, 2.75) is 283 Å². The van der Waals surface area contributed by atoms with Gasteiger partial charge in [0.05, 0.1) is 25.4 Å². The van der Waals surface area contributed by atoms with Crippen LogP contribution in [0.1, 0.15) is 271 Å². The lowest BCUT2D eigenvalue weighted by Crippen LogP contribution is -2.45. The van der Waals surface area contributed by atoms with E-state index in [-0.39, 0.29) is 18.5 Å². The molecule has 0 aliphatic carbocycles. The lowest BCUT2D eigenvalue weighted by molar-refractivity contribution is -0.143. The molecule has 0 aromatic carbocycles. The number of carbonyl (C=O) groups is 2. The third-order valence-corrected chi connectivity index (χ3v) is 12.1. The van der Waals surface area contributed by atoms with Crippen molar-refractivity contribution in [1.82, 2.24) is 5.32 Å².